The van der Waals surface area contributed by atoms with Crippen molar-refractivity contribution in [3.05, 3.63) is 60.4 Å². The molecule has 1 amide bonds. The van der Waals surface area contributed by atoms with E-state index in [0.29, 0.717) is 6.54 Å². The Morgan fingerprint density at radius 2 is 2.11 bits per heavy atom. The molecular weight excluding hydrogens is 230 g/mol. The minimum atomic E-state index is -0.547. The van der Waals surface area contributed by atoms with Crippen molar-refractivity contribution in [3.8, 4) is 0 Å². The van der Waals surface area contributed by atoms with Crippen molar-refractivity contribution in [1.29, 1.82) is 0 Å². The number of allylic oxidation sites excluding steroid dienone is 2. The summed E-state index contributed by atoms with van der Waals surface area (Å²) in [4.78, 5) is 15.4. The van der Waals surface area contributed by atoms with Crippen molar-refractivity contribution in [2.45, 2.75) is 6.54 Å². The van der Waals surface area contributed by atoms with Gasteiger partial charge in [0.1, 0.15) is 0 Å². The lowest BCUT2D eigenvalue weighted by Crippen LogP contribution is -2.31. The molecule has 0 aromatic heterocycles. The van der Waals surface area contributed by atoms with Crippen LogP contribution in [0.25, 0.3) is 0 Å². The fraction of sp³-hybridized carbons (Fsp3) is 0.0769. The zero-order valence-electron chi connectivity index (χ0n) is 9.67. The molecule has 92 valence electrons. The second-order valence-electron chi connectivity index (χ2n) is 3.51. The minimum absolute atomic E-state index is 0.144. The standard InChI is InChI=1S/C13H13N3O2/c17-13(16-10-11-6-2-1-3-7-11)18-12-14-8-4-5-9-15-12/h1-9H,10H2,(H,14,15)(H,16,17). The van der Waals surface area contributed by atoms with Gasteiger partial charge in [-0.05, 0) is 17.7 Å². The van der Waals surface area contributed by atoms with Gasteiger partial charge in [-0.3, -0.25) is 0 Å². The number of carbonyl (C=O) groups is 1. The molecule has 2 rings (SSSR count). The smallest absolute Gasteiger partial charge is 0.375 e. The monoisotopic (exact) mass is 243 g/mol. The van der Waals surface area contributed by atoms with E-state index in [-0.39, 0.29) is 6.02 Å². The summed E-state index contributed by atoms with van der Waals surface area (Å²) in [5, 5.41) is 5.37. The van der Waals surface area contributed by atoms with E-state index in [2.05, 4.69) is 15.6 Å². The summed E-state index contributed by atoms with van der Waals surface area (Å²) >= 11 is 0. The summed E-state index contributed by atoms with van der Waals surface area (Å²) in [5.74, 6) is 0. The van der Waals surface area contributed by atoms with E-state index in [1.54, 1.807) is 18.4 Å². The third-order valence-electron chi connectivity index (χ3n) is 2.16. The number of carbonyl (C=O) groups excluding carboxylic acids is 1. The summed E-state index contributed by atoms with van der Waals surface area (Å²) in [7, 11) is 0. The van der Waals surface area contributed by atoms with E-state index in [9.17, 15) is 4.79 Å². The molecule has 0 atom stereocenters. The zero-order chi connectivity index (χ0) is 12.6. The van der Waals surface area contributed by atoms with Gasteiger partial charge in [0.25, 0.3) is 0 Å². The largest absolute Gasteiger partial charge is 0.415 e. The van der Waals surface area contributed by atoms with Crippen molar-refractivity contribution in [3.63, 3.8) is 0 Å². The van der Waals surface area contributed by atoms with Crippen LogP contribution in [0.1, 0.15) is 5.56 Å². The van der Waals surface area contributed by atoms with Crippen molar-refractivity contribution < 1.29 is 9.53 Å². The first kappa shape index (κ1) is 11.9. The third-order valence-corrected chi connectivity index (χ3v) is 2.16. The normalized spacial score (nSPS) is 13.2. The van der Waals surface area contributed by atoms with Crippen LogP contribution in [-0.2, 0) is 11.3 Å². The summed E-state index contributed by atoms with van der Waals surface area (Å²) in [6.45, 7) is 0.415. The first-order valence-electron chi connectivity index (χ1n) is 5.50. The first-order valence-corrected chi connectivity index (χ1v) is 5.50. The molecule has 1 aromatic carbocycles. The fourth-order valence-electron chi connectivity index (χ4n) is 1.32. The molecule has 1 aliphatic heterocycles. The summed E-state index contributed by atoms with van der Waals surface area (Å²) in [5.41, 5.74) is 1.00. The Labute approximate surface area is 105 Å². The molecule has 0 saturated heterocycles. The maximum atomic E-state index is 11.5. The van der Waals surface area contributed by atoms with E-state index in [1.165, 1.54) is 6.20 Å². The van der Waals surface area contributed by atoms with Gasteiger partial charge in [0, 0.05) is 18.9 Å². The highest BCUT2D eigenvalue weighted by atomic mass is 16.6. The molecule has 0 aliphatic carbocycles. The lowest BCUT2D eigenvalue weighted by molar-refractivity contribution is 0.195. The van der Waals surface area contributed by atoms with Gasteiger partial charge in [0.15, 0.2) is 0 Å². The molecule has 2 N–H and O–H groups in total. The average Bonchev–Trinajstić information content (AvgIpc) is 2.66. The predicted octanol–water partition coefficient (Wildman–Crippen LogP) is 1.90. The summed E-state index contributed by atoms with van der Waals surface area (Å²) in [6.07, 6.45) is 6.10. The van der Waals surface area contributed by atoms with Gasteiger partial charge < -0.3 is 15.4 Å². The van der Waals surface area contributed by atoms with Gasteiger partial charge in [-0.25, -0.2) is 9.79 Å². The molecule has 1 aromatic rings. The Morgan fingerprint density at radius 1 is 1.28 bits per heavy atom. The van der Waals surface area contributed by atoms with Crippen LogP contribution in [0.5, 0.6) is 0 Å². The Morgan fingerprint density at radius 3 is 2.94 bits per heavy atom. The van der Waals surface area contributed by atoms with Gasteiger partial charge >= 0.3 is 12.1 Å². The number of benzene rings is 1. The van der Waals surface area contributed by atoms with Gasteiger partial charge in [-0.1, -0.05) is 30.3 Å². The van der Waals surface area contributed by atoms with E-state index in [1.807, 2.05) is 30.3 Å². The lowest BCUT2D eigenvalue weighted by atomic mass is 10.2. The molecular formula is C13H13N3O2. The number of hydrogen-bond acceptors (Lipinski definition) is 4. The Hall–Kier alpha value is -2.56. The van der Waals surface area contributed by atoms with E-state index in [0.717, 1.165) is 5.56 Å². The average molecular weight is 243 g/mol. The number of hydrogen-bond donors (Lipinski definition) is 2. The van der Waals surface area contributed by atoms with Crippen LogP contribution in [0.4, 0.5) is 4.79 Å². The van der Waals surface area contributed by atoms with E-state index < -0.39 is 6.09 Å². The molecule has 0 spiro atoms. The number of aliphatic imine (C=N–C) groups is 1. The molecule has 0 fully saturated rings. The van der Waals surface area contributed by atoms with Crippen LogP contribution >= 0.6 is 0 Å². The number of ether oxygens (including phenoxy) is 1. The molecule has 1 aliphatic rings. The lowest BCUT2D eigenvalue weighted by Gasteiger charge is -2.07. The van der Waals surface area contributed by atoms with Crippen LogP contribution < -0.4 is 10.6 Å². The Bertz CT molecular complexity index is 492. The number of alkyl carbamates (subject to hydrolysis) is 1. The summed E-state index contributed by atoms with van der Waals surface area (Å²) in [6, 6.07) is 9.74. The molecule has 0 radical (unpaired) electrons. The first-order chi connectivity index (χ1) is 8.84. The van der Waals surface area contributed by atoms with E-state index >= 15 is 0 Å². The Balaban J connectivity index is 1.80. The molecule has 5 heteroatoms. The SMILES string of the molecule is O=C(NCc1ccccc1)OC1=NC=CC=CN1. The number of rotatable bonds is 2. The number of nitrogens with zero attached hydrogens (tertiary/aromatic N) is 1. The van der Waals surface area contributed by atoms with Gasteiger partial charge in [-0.15, -0.1) is 0 Å². The van der Waals surface area contributed by atoms with Crippen LogP contribution in [0.3, 0.4) is 0 Å². The van der Waals surface area contributed by atoms with Crippen LogP contribution in [-0.4, -0.2) is 12.1 Å². The number of nitrogens with one attached hydrogen (secondary N) is 2. The predicted molar refractivity (Wildman–Crippen MR) is 68.6 cm³/mol. The molecule has 5 nitrogen and oxygen atoms in total. The van der Waals surface area contributed by atoms with Crippen molar-refractivity contribution in [2.24, 2.45) is 4.99 Å². The fourth-order valence-corrected chi connectivity index (χ4v) is 1.32. The Kier molecular flexibility index (Phi) is 4.13. The molecule has 0 bridgehead atoms. The zero-order valence-corrected chi connectivity index (χ0v) is 9.67. The van der Waals surface area contributed by atoms with Gasteiger partial charge in [0.05, 0.1) is 0 Å². The summed E-state index contributed by atoms with van der Waals surface area (Å²) < 4.78 is 4.98. The third kappa shape index (κ3) is 3.79. The highest BCUT2D eigenvalue weighted by Gasteiger charge is 2.06. The van der Waals surface area contributed by atoms with Crippen molar-refractivity contribution in [2.75, 3.05) is 0 Å². The maximum absolute atomic E-state index is 11.5. The quantitative estimate of drug-likeness (QED) is 0.833. The van der Waals surface area contributed by atoms with Crippen LogP contribution in [0, 0.1) is 0 Å². The number of amidine groups is 1. The van der Waals surface area contributed by atoms with Gasteiger partial charge in [0.2, 0.25) is 0 Å². The highest BCUT2D eigenvalue weighted by Crippen LogP contribution is 1.97. The van der Waals surface area contributed by atoms with Crippen molar-refractivity contribution in [1.82, 2.24) is 10.6 Å². The molecule has 18 heavy (non-hydrogen) atoms. The second-order valence-corrected chi connectivity index (χ2v) is 3.51. The van der Waals surface area contributed by atoms with Gasteiger partial charge in [-0.2, -0.15) is 0 Å². The number of amides is 1. The van der Waals surface area contributed by atoms with Crippen molar-refractivity contribution >= 4 is 12.1 Å². The molecule has 1 heterocycles. The maximum Gasteiger partial charge on any atom is 0.415 e. The van der Waals surface area contributed by atoms with Crippen LogP contribution in [0.2, 0.25) is 0 Å². The van der Waals surface area contributed by atoms with Crippen LogP contribution in [0.15, 0.2) is 59.9 Å². The highest BCUT2D eigenvalue weighted by molar-refractivity contribution is 5.87. The van der Waals surface area contributed by atoms with E-state index in [4.69, 9.17) is 4.74 Å². The minimum Gasteiger partial charge on any atom is -0.375 e. The topological polar surface area (TPSA) is 62.7 Å². The molecule has 0 saturated carbocycles. The molecule has 0 unspecified atom stereocenters. The second kappa shape index (κ2) is 6.24.